The van der Waals surface area contributed by atoms with Gasteiger partial charge in [0.15, 0.2) is 5.78 Å². The van der Waals surface area contributed by atoms with Crippen molar-refractivity contribution in [1.29, 1.82) is 0 Å². The highest BCUT2D eigenvalue weighted by Crippen LogP contribution is 2.16. The number of ketones is 1. The number of hydrogen-bond acceptors (Lipinski definition) is 1. The number of Topliss-reactive ketones (excluding diaryl/α,β-unsaturated/α-hetero) is 1. The number of aryl methyl sites for hydroxylation is 1. The topological polar surface area (TPSA) is 17.1 Å². The second-order valence-electron chi connectivity index (χ2n) is 3.26. The van der Waals surface area contributed by atoms with Crippen LogP contribution in [0.15, 0.2) is 18.2 Å². The quantitative estimate of drug-likeness (QED) is 0.549. The molecule has 14 heavy (non-hydrogen) atoms. The normalized spacial score (nSPS) is 10.2. The summed E-state index contributed by atoms with van der Waals surface area (Å²) in [7, 11) is 0. The van der Waals surface area contributed by atoms with E-state index >= 15 is 0 Å². The first-order valence-corrected chi connectivity index (χ1v) is 5.47. The van der Waals surface area contributed by atoms with Crippen LogP contribution in [-0.2, 0) is 12.3 Å². The average Bonchev–Trinajstić information content (AvgIpc) is 2.27. The Morgan fingerprint density at radius 2 is 2.07 bits per heavy atom. The first kappa shape index (κ1) is 11.3. The van der Waals surface area contributed by atoms with Gasteiger partial charge in [0, 0.05) is 17.9 Å². The third-order valence-electron chi connectivity index (χ3n) is 2.35. The molecular formula is C12H15ClO. The molecule has 0 aliphatic heterocycles. The van der Waals surface area contributed by atoms with E-state index < -0.39 is 0 Å². The van der Waals surface area contributed by atoms with Gasteiger partial charge in [-0.05, 0) is 23.6 Å². The molecule has 0 amide bonds. The molecule has 0 aromatic heterocycles. The largest absolute Gasteiger partial charge is 0.294 e. The summed E-state index contributed by atoms with van der Waals surface area (Å²) in [6.45, 7) is 3.95. The lowest BCUT2D eigenvalue weighted by molar-refractivity contribution is 0.0987. The van der Waals surface area contributed by atoms with Crippen LogP contribution >= 0.6 is 11.6 Å². The van der Waals surface area contributed by atoms with Crippen molar-refractivity contribution >= 4 is 17.4 Å². The Bertz CT molecular complexity index is 331. The SMILES string of the molecule is CCC(=O)c1cc(CC)ccc1CCl. The van der Waals surface area contributed by atoms with Crippen LogP contribution < -0.4 is 0 Å². The van der Waals surface area contributed by atoms with Crippen LogP contribution in [-0.4, -0.2) is 5.78 Å². The molecule has 0 saturated carbocycles. The van der Waals surface area contributed by atoms with Crippen LogP contribution in [0.25, 0.3) is 0 Å². The molecule has 0 atom stereocenters. The van der Waals surface area contributed by atoms with Crippen LogP contribution in [0, 0.1) is 0 Å². The van der Waals surface area contributed by atoms with Gasteiger partial charge in [-0.1, -0.05) is 26.0 Å². The Hall–Kier alpha value is -0.820. The van der Waals surface area contributed by atoms with Crippen LogP contribution in [0.5, 0.6) is 0 Å². The summed E-state index contributed by atoms with van der Waals surface area (Å²) in [4.78, 5) is 11.6. The van der Waals surface area contributed by atoms with Crippen molar-refractivity contribution < 1.29 is 4.79 Å². The first-order valence-electron chi connectivity index (χ1n) is 4.93. The van der Waals surface area contributed by atoms with Crippen molar-refractivity contribution in [2.75, 3.05) is 0 Å². The summed E-state index contributed by atoms with van der Waals surface area (Å²) in [5.41, 5.74) is 2.92. The van der Waals surface area contributed by atoms with Gasteiger partial charge < -0.3 is 0 Å². The number of hydrogen-bond donors (Lipinski definition) is 0. The van der Waals surface area contributed by atoms with E-state index in [-0.39, 0.29) is 5.78 Å². The third kappa shape index (κ3) is 2.36. The minimum Gasteiger partial charge on any atom is -0.294 e. The Kier molecular flexibility index (Phi) is 4.15. The van der Waals surface area contributed by atoms with Crippen molar-refractivity contribution in [3.8, 4) is 0 Å². The highest BCUT2D eigenvalue weighted by Gasteiger charge is 2.09. The van der Waals surface area contributed by atoms with E-state index in [9.17, 15) is 4.79 Å². The van der Waals surface area contributed by atoms with Gasteiger partial charge in [0.25, 0.3) is 0 Å². The number of rotatable bonds is 4. The Morgan fingerprint density at radius 3 is 2.57 bits per heavy atom. The predicted octanol–water partition coefficient (Wildman–Crippen LogP) is 3.58. The lowest BCUT2D eigenvalue weighted by atomic mass is 9.99. The molecule has 0 fully saturated rings. The molecule has 1 aromatic carbocycles. The fraction of sp³-hybridized carbons (Fsp3) is 0.417. The predicted molar refractivity (Wildman–Crippen MR) is 60.0 cm³/mol. The molecule has 2 heteroatoms. The van der Waals surface area contributed by atoms with Crippen molar-refractivity contribution in [2.45, 2.75) is 32.6 Å². The van der Waals surface area contributed by atoms with Crippen LogP contribution in [0.2, 0.25) is 0 Å². The molecule has 76 valence electrons. The van der Waals surface area contributed by atoms with E-state index in [2.05, 4.69) is 6.92 Å². The molecule has 1 aromatic rings. The highest BCUT2D eigenvalue weighted by molar-refractivity contribution is 6.17. The van der Waals surface area contributed by atoms with Crippen LogP contribution in [0.3, 0.4) is 0 Å². The van der Waals surface area contributed by atoms with Gasteiger partial charge in [0.1, 0.15) is 0 Å². The summed E-state index contributed by atoms with van der Waals surface area (Å²) in [6.07, 6.45) is 1.49. The minimum absolute atomic E-state index is 0.177. The summed E-state index contributed by atoms with van der Waals surface area (Å²) in [6, 6.07) is 5.95. The lowest BCUT2D eigenvalue weighted by Gasteiger charge is -2.06. The van der Waals surface area contributed by atoms with Crippen LogP contribution in [0.1, 0.15) is 41.8 Å². The van der Waals surface area contributed by atoms with Crippen molar-refractivity contribution in [2.24, 2.45) is 0 Å². The Balaban J connectivity index is 3.14. The van der Waals surface area contributed by atoms with E-state index in [1.807, 2.05) is 25.1 Å². The molecule has 0 unspecified atom stereocenters. The minimum atomic E-state index is 0.177. The van der Waals surface area contributed by atoms with E-state index in [1.54, 1.807) is 0 Å². The maximum absolute atomic E-state index is 11.6. The fourth-order valence-electron chi connectivity index (χ4n) is 1.41. The van der Waals surface area contributed by atoms with Gasteiger partial charge in [-0.15, -0.1) is 11.6 Å². The summed E-state index contributed by atoms with van der Waals surface area (Å²) < 4.78 is 0. The van der Waals surface area contributed by atoms with Gasteiger partial charge in [-0.25, -0.2) is 0 Å². The number of carbonyl (C=O) groups is 1. The van der Waals surface area contributed by atoms with E-state index in [4.69, 9.17) is 11.6 Å². The number of carbonyl (C=O) groups excluding carboxylic acids is 1. The third-order valence-corrected chi connectivity index (χ3v) is 2.64. The van der Waals surface area contributed by atoms with E-state index in [1.165, 1.54) is 5.56 Å². The first-order chi connectivity index (χ1) is 6.72. The van der Waals surface area contributed by atoms with Crippen LogP contribution in [0.4, 0.5) is 0 Å². The molecule has 1 nitrogen and oxygen atoms in total. The Labute approximate surface area is 90.1 Å². The van der Waals surface area contributed by atoms with Gasteiger partial charge in [-0.3, -0.25) is 4.79 Å². The number of halogens is 1. The monoisotopic (exact) mass is 210 g/mol. The van der Waals surface area contributed by atoms with E-state index in [0.717, 1.165) is 17.5 Å². The molecule has 0 aliphatic rings. The molecule has 0 aliphatic carbocycles. The fourth-order valence-corrected chi connectivity index (χ4v) is 1.64. The summed E-state index contributed by atoms with van der Waals surface area (Å²) in [5.74, 6) is 0.585. The molecule has 0 radical (unpaired) electrons. The average molecular weight is 211 g/mol. The second kappa shape index (κ2) is 5.16. The summed E-state index contributed by atoms with van der Waals surface area (Å²) >= 11 is 5.78. The maximum Gasteiger partial charge on any atom is 0.162 e. The van der Waals surface area contributed by atoms with Crippen molar-refractivity contribution in [1.82, 2.24) is 0 Å². The zero-order valence-corrected chi connectivity index (χ0v) is 9.40. The molecule has 0 heterocycles. The van der Waals surface area contributed by atoms with Gasteiger partial charge in [0.05, 0.1) is 0 Å². The smallest absolute Gasteiger partial charge is 0.162 e. The molecule has 0 saturated heterocycles. The zero-order valence-electron chi connectivity index (χ0n) is 8.64. The van der Waals surface area contributed by atoms with E-state index in [0.29, 0.717) is 12.3 Å². The highest BCUT2D eigenvalue weighted by atomic mass is 35.5. The second-order valence-corrected chi connectivity index (χ2v) is 3.52. The lowest BCUT2D eigenvalue weighted by Crippen LogP contribution is -2.02. The molecule has 0 spiro atoms. The zero-order chi connectivity index (χ0) is 10.6. The van der Waals surface area contributed by atoms with Gasteiger partial charge in [-0.2, -0.15) is 0 Å². The maximum atomic E-state index is 11.6. The van der Waals surface area contributed by atoms with Gasteiger partial charge >= 0.3 is 0 Å². The molecule has 0 bridgehead atoms. The molecule has 1 rings (SSSR count). The summed E-state index contributed by atoms with van der Waals surface area (Å²) in [5, 5.41) is 0. The van der Waals surface area contributed by atoms with Crippen molar-refractivity contribution in [3.05, 3.63) is 34.9 Å². The van der Waals surface area contributed by atoms with Crippen molar-refractivity contribution in [3.63, 3.8) is 0 Å². The Morgan fingerprint density at radius 1 is 1.36 bits per heavy atom. The standard InChI is InChI=1S/C12H15ClO/c1-3-9-5-6-10(8-13)11(7-9)12(14)4-2/h5-7H,3-4,8H2,1-2H3. The number of benzene rings is 1. The number of alkyl halides is 1. The molecular weight excluding hydrogens is 196 g/mol. The molecule has 0 N–H and O–H groups in total. The van der Waals surface area contributed by atoms with Gasteiger partial charge in [0.2, 0.25) is 0 Å².